The smallest absolute Gasteiger partial charge is 0.185 e. The topological polar surface area (TPSA) is 55.8 Å². The first-order valence-electron chi connectivity index (χ1n) is 8.42. The molecule has 26 heavy (non-hydrogen) atoms. The number of aromatic hydroxyl groups is 1. The maximum atomic E-state index is 12.3. The lowest BCUT2D eigenvalue weighted by Crippen LogP contribution is -2.01. The van der Waals surface area contributed by atoms with Gasteiger partial charge in [-0.1, -0.05) is 31.5 Å². The van der Waals surface area contributed by atoms with Crippen molar-refractivity contribution in [2.75, 3.05) is 13.7 Å². The van der Waals surface area contributed by atoms with Gasteiger partial charge in [0.05, 0.1) is 18.7 Å². The maximum absolute atomic E-state index is 12.3. The molecule has 0 bridgehead atoms. The molecule has 0 amide bonds. The zero-order valence-corrected chi connectivity index (χ0v) is 15.9. The van der Waals surface area contributed by atoms with Crippen LogP contribution in [0.5, 0.6) is 17.2 Å². The standard InChI is InChI=1S/C21H23ClO4/c1-14(2)10-11-26-17-7-5-16(6-8-17)19(23)9-4-15-12-18(22)21(24)20(13-15)25-3/h4-9,12-14,24H,10-11H2,1-3H3. The highest BCUT2D eigenvalue weighted by molar-refractivity contribution is 6.32. The fourth-order valence-electron chi connectivity index (χ4n) is 2.24. The SMILES string of the molecule is COc1cc(C=CC(=O)c2ccc(OCCC(C)C)cc2)cc(Cl)c1O. The number of phenols is 1. The summed E-state index contributed by atoms with van der Waals surface area (Å²) in [5.74, 6) is 1.34. The molecule has 138 valence electrons. The zero-order chi connectivity index (χ0) is 19.1. The van der Waals surface area contributed by atoms with Crippen molar-refractivity contribution in [3.05, 3.63) is 58.6 Å². The van der Waals surface area contributed by atoms with Crippen LogP contribution in [-0.2, 0) is 0 Å². The van der Waals surface area contributed by atoms with E-state index >= 15 is 0 Å². The molecule has 0 heterocycles. The summed E-state index contributed by atoms with van der Waals surface area (Å²) < 4.78 is 10.7. The first-order chi connectivity index (χ1) is 12.4. The summed E-state index contributed by atoms with van der Waals surface area (Å²) in [5, 5.41) is 9.90. The van der Waals surface area contributed by atoms with Gasteiger partial charge < -0.3 is 14.6 Å². The molecule has 0 radical (unpaired) electrons. The van der Waals surface area contributed by atoms with Crippen molar-refractivity contribution in [3.63, 3.8) is 0 Å². The third-order valence-electron chi connectivity index (χ3n) is 3.80. The minimum absolute atomic E-state index is 0.120. The van der Waals surface area contributed by atoms with Crippen LogP contribution >= 0.6 is 11.6 Å². The molecule has 2 rings (SSSR count). The van der Waals surface area contributed by atoms with Crippen molar-refractivity contribution in [3.8, 4) is 17.2 Å². The number of phenolic OH excluding ortho intramolecular Hbond substituents is 1. The quantitative estimate of drug-likeness (QED) is 0.498. The van der Waals surface area contributed by atoms with E-state index in [2.05, 4.69) is 13.8 Å². The van der Waals surface area contributed by atoms with Gasteiger partial charge in [0.25, 0.3) is 0 Å². The van der Waals surface area contributed by atoms with Gasteiger partial charge in [-0.3, -0.25) is 4.79 Å². The minimum Gasteiger partial charge on any atom is -0.503 e. The predicted molar refractivity (Wildman–Crippen MR) is 104 cm³/mol. The molecule has 0 spiro atoms. The molecule has 0 aromatic heterocycles. The number of hydrogen-bond donors (Lipinski definition) is 1. The molecule has 0 atom stereocenters. The van der Waals surface area contributed by atoms with E-state index in [1.54, 1.807) is 42.5 Å². The van der Waals surface area contributed by atoms with Gasteiger partial charge in [0.2, 0.25) is 0 Å². The molecule has 0 saturated carbocycles. The van der Waals surface area contributed by atoms with Gasteiger partial charge in [0.15, 0.2) is 17.3 Å². The van der Waals surface area contributed by atoms with Crippen LogP contribution in [0.15, 0.2) is 42.5 Å². The summed E-state index contributed by atoms with van der Waals surface area (Å²) in [6.07, 6.45) is 4.07. The molecule has 0 aliphatic carbocycles. The Balaban J connectivity index is 2.03. The van der Waals surface area contributed by atoms with Gasteiger partial charge in [-0.05, 0) is 60.4 Å². The second-order valence-electron chi connectivity index (χ2n) is 6.31. The Morgan fingerprint density at radius 3 is 2.54 bits per heavy atom. The number of hydrogen-bond acceptors (Lipinski definition) is 4. The van der Waals surface area contributed by atoms with Gasteiger partial charge in [0, 0.05) is 5.56 Å². The number of allylic oxidation sites excluding steroid dienone is 1. The van der Waals surface area contributed by atoms with E-state index in [-0.39, 0.29) is 22.3 Å². The summed E-state index contributed by atoms with van der Waals surface area (Å²) in [7, 11) is 1.44. The molecule has 2 aromatic carbocycles. The second-order valence-corrected chi connectivity index (χ2v) is 6.71. The van der Waals surface area contributed by atoms with Crippen molar-refractivity contribution < 1.29 is 19.4 Å². The van der Waals surface area contributed by atoms with E-state index in [9.17, 15) is 9.90 Å². The van der Waals surface area contributed by atoms with Crippen LogP contribution in [0.25, 0.3) is 6.08 Å². The van der Waals surface area contributed by atoms with Crippen molar-refractivity contribution in [1.29, 1.82) is 0 Å². The fourth-order valence-corrected chi connectivity index (χ4v) is 2.46. The summed E-state index contributed by atoms with van der Waals surface area (Å²) in [6, 6.07) is 10.2. The summed E-state index contributed by atoms with van der Waals surface area (Å²) >= 11 is 5.95. The molecular weight excluding hydrogens is 352 g/mol. The number of halogens is 1. The van der Waals surface area contributed by atoms with Gasteiger partial charge in [0.1, 0.15) is 5.75 Å². The highest BCUT2D eigenvalue weighted by Crippen LogP contribution is 2.35. The third-order valence-corrected chi connectivity index (χ3v) is 4.09. The number of ketones is 1. The van der Waals surface area contributed by atoms with Crippen molar-refractivity contribution in [2.24, 2.45) is 5.92 Å². The average Bonchev–Trinajstić information content (AvgIpc) is 2.62. The monoisotopic (exact) mass is 374 g/mol. The molecule has 0 fully saturated rings. The molecule has 0 aliphatic heterocycles. The normalized spacial score (nSPS) is 11.1. The zero-order valence-electron chi connectivity index (χ0n) is 15.2. The van der Waals surface area contributed by atoms with E-state index < -0.39 is 0 Å². The van der Waals surface area contributed by atoms with Crippen molar-refractivity contribution in [2.45, 2.75) is 20.3 Å². The molecule has 5 heteroatoms. The van der Waals surface area contributed by atoms with Crippen LogP contribution in [0.4, 0.5) is 0 Å². The number of rotatable bonds is 8. The lowest BCUT2D eigenvalue weighted by molar-refractivity contribution is 0.104. The van der Waals surface area contributed by atoms with Crippen molar-refractivity contribution >= 4 is 23.5 Å². The Morgan fingerprint density at radius 1 is 1.23 bits per heavy atom. The lowest BCUT2D eigenvalue weighted by atomic mass is 10.1. The van der Waals surface area contributed by atoms with Gasteiger partial charge >= 0.3 is 0 Å². The minimum atomic E-state index is -0.137. The molecule has 1 N–H and O–H groups in total. The fraction of sp³-hybridized carbons (Fsp3) is 0.286. The first-order valence-corrected chi connectivity index (χ1v) is 8.80. The van der Waals surface area contributed by atoms with Crippen LogP contribution in [0, 0.1) is 5.92 Å². The third kappa shape index (κ3) is 5.53. The number of methoxy groups -OCH3 is 1. The van der Waals surface area contributed by atoms with Gasteiger partial charge in [-0.2, -0.15) is 0 Å². The van der Waals surface area contributed by atoms with E-state index in [1.807, 2.05) is 0 Å². The molecule has 2 aromatic rings. The molecule has 0 unspecified atom stereocenters. The molecule has 0 saturated heterocycles. The van der Waals surface area contributed by atoms with E-state index in [1.165, 1.54) is 13.2 Å². The Bertz CT molecular complexity index is 779. The Labute approximate surface area is 159 Å². The highest BCUT2D eigenvalue weighted by Gasteiger charge is 2.08. The van der Waals surface area contributed by atoms with Gasteiger partial charge in [-0.25, -0.2) is 0 Å². The molecule has 0 aliphatic rings. The Hall–Kier alpha value is -2.46. The van der Waals surface area contributed by atoms with E-state index in [0.717, 1.165) is 12.2 Å². The highest BCUT2D eigenvalue weighted by atomic mass is 35.5. The van der Waals surface area contributed by atoms with Crippen LogP contribution in [-0.4, -0.2) is 24.6 Å². The number of carbonyl (C=O) groups excluding carboxylic acids is 1. The summed E-state index contributed by atoms with van der Waals surface area (Å²) in [6.45, 7) is 4.96. The number of benzene rings is 2. The van der Waals surface area contributed by atoms with Gasteiger partial charge in [-0.15, -0.1) is 0 Å². The predicted octanol–water partition coefficient (Wildman–Crippen LogP) is 5.38. The van der Waals surface area contributed by atoms with Crippen LogP contribution in [0.1, 0.15) is 36.2 Å². The van der Waals surface area contributed by atoms with Crippen LogP contribution < -0.4 is 9.47 Å². The van der Waals surface area contributed by atoms with E-state index in [4.69, 9.17) is 21.1 Å². The Kier molecular flexibility index (Phi) is 7.10. The van der Waals surface area contributed by atoms with E-state index in [0.29, 0.717) is 23.7 Å². The maximum Gasteiger partial charge on any atom is 0.185 e. The second kappa shape index (κ2) is 9.30. The number of carbonyl (C=O) groups is 1. The van der Waals surface area contributed by atoms with Crippen LogP contribution in [0.3, 0.4) is 0 Å². The molecular formula is C21H23ClO4. The Morgan fingerprint density at radius 2 is 1.92 bits per heavy atom. The average molecular weight is 375 g/mol. The molecule has 4 nitrogen and oxygen atoms in total. The van der Waals surface area contributed by atoms with Crippen LogP contribution in [0.2, 0.25) is 5.02 Å². The summed E-state index contributed by atoms with van der Waals surface area (Å²) in [5.41, 5.74) is 1.22. The first kappa shape index (κ1) is 19.9. The number of ether oxygens (including phenoxy) is 2. The summed E-state index contributed by atoms with van der Waals surface area (Å²) in [4.78, 5) is 12.3. The largest absolute Gasteiger partial charge is 0.503 e. The van der Waals surface area contributed by atoms with Crippen molar-refractivity contribution in [1.82, 2.24) is 0 Å². The lowest BCUT2D eigenvalue weighted by Gasteiger charge is -2.08.